The van der Waals surface area contributed by atoms with Crippen LogP contribution < -0.4 is 16.4 Å². The van der Waals surface area contributed by atoms with Gasteiger partial charge in [-0.05, 0) is 29.3 Å². The van der Waals surface area contributed by atoms with E-state index in [0.29, 0.717) is 10.6 Å². The fourth-order valence-corrected chi connectivity index (χ4v) is 3.26. The molecule has 0 spiro atoms. The number of aliphatic hydroxyl groups excluding tert-OH is 1. The Morgan fingerprint density at radius 1 is 1.16 bits per heavy atom. The Hall–Kier alpha value is -2.62. The second-order valence-corrected chi connectivity index (χ2v) is 8.05. The van der Waals surface area contributed by atoms with Gasteiger partial charge in [-0.15, -0.1) is 0 Å². The molecule has 0 aliphatic rings. The highest BCUT2D eigenvalue weighted by molar-refractivity contribution is 9.10. The van der Waals surface area contributed by atoms with E-state index in [4.69, 9.17) is 22.1 Å². The van der Waals surface area contributed by atoms with Crippen molar-refractivity contribution in [3.8, 4) is 0 Å². The lowest BCUT2D eigenvalue weighted by molar-refractivity contribution is -0.128. The summed E-state index contributed by atoms with van der Waals surface area (Å²) in [6, 6.07) is 13.2. The maximum atomic E-state index is 12.2. The van der Waals surface area contributed by atoms with Gasteiger partial charge in [0.05, 0.1) is 12.5 Å². The molecule has 0 radical (unpaired) electrons. The Balaban J connectivity index is 1.77. The highest BCUT2D eigenvalue weighted by Crippen LogP contribution is 2.22. The third-order valence-electron chi connectivity index (χ3n) is 4.23. The van der Waals surface area contributed by atoms with Crippen molar-refractivity contribution < 1.29 is 24.2 Å². The first kappa shape index (κ1) is 24.6. The minimum absolute atomic E-state index is 0.0859. The van der Waals surface area contributed by atoms with Crippen LogP contribution in [0.5, 0.6) is 0 Å². The van der Waals surface area contributed by atoms with Crippen LogP contribution in [0.4, 0.5) is 4.79 Å². The highest BCUT2D eigenvalue weighted by Gasteiger charge is 2.22. The standard InChI is InChI=1S/C21H23BrClN3O5/c22-17-7-6-15(23)8-14(17)9-18(20(24)29)26-19(28)10-16(27)11-25-21(30)31-12-13-4-2-1-3-5-13/h1-8,16,18,27H,9-12H2,(H2,24,29)(H,25,30)(H,26,28)/t16-,18+/m0/s1. The van der Waals surface area contributed by atoms with Gasteiger partial charge in [0.1, 0.15) is 12.6 Å². The van der Waals surface area contributed by atoms with E-state index >= 15 is 0 Å². The van der Waals surface area contributed by atoms with Crippen molar-refractivity contribution in [3.63, 3.8) is 0 Å². The molecule has 0 unspecified atom stereocenters. The van der Waals surface area contributed by atoms with Crippen LogP contribution in [0.1, 0.15) is 17.5 Å². The number of amides is 3. The van der Waals surface area contributed by atoms with Crippen molar-refractivity contribution in [3.05, 3.63) is 69.2 Å². The first-order valence-electron chi connectivity index (χ1n) is 9.40. The molecule has 2 rings (SSSR count). The minimum atomic E-state index is -1.17. The van der Waals surface area contributed by atoms with Gasteiger partial charge in [-0.1, -0.05) is 57.9 Å². The van der Waals surface area contributed by atoms with Crippen LogP contribution in [-0.2, 0) is 27.4 Å². The normalized spacial score (nSPS) is 12.5. The number of carbonyl (C=O) groups excluding carboxylic acids is 3. The Kier molecular flexibility index (Phi) is 9.77. The fraction of sp³-hybridized carbons (Fsp3) is 0.286. The molecule has 8 nitrogen and oxygen atoms in total. The quantitative estimate of drug-likeness (QED) is 0.388. The summed E-state index contributed by atoms with van der Waals surface area (Å²) in [6.07, 6.45) is -2.10. The zero-order valence-corrected chi connectivity index (χ0v) is 18.9. The van der Waals surface area contributed by atoms with Gasteiger partial charge in [0.2, 0.25) is 11.8 Å². The topological polar surface area (TPSA) is 131 Å². The maximum absolute atomic E-state index is 12.2. The minimum Gasteiger partial charge on any atom is -0.445 e. The number of nitrogens with two attached hydrogens (primary N) is 1. The van der Waals surface area contributed by atoms with Crippen LogP contribution >= 0.6 is 27.5 Å². The SMILES string of the molecule is NC(=O)[C@@H](Cc1cc(Cl)ccc1Br)NC(=O)C[C@H](O)CNC(=O)OCc1ccccc1. The molecule has 0 saturated heterocycles. The van der Waals surface area contributed by atoms with Gasteiger partial charge in [0, 0.05) is 22.5 Å². The number of alkyl carbamates (subject to hydrolysis) is 1. The Morgan fingerprint density at radius 2 is 1.87 bits per heavy atom. The number of primary amides is 1. The van der Waals surface area contributed by atoms with Gasteiger partial charge < -0.3 is 26.2 Å². The van der Waals surface area contributed by atoms with Crippen molar-refractivity contribution in [1.82, 2.24) is 10.6 Å². The smallest absolute Gasteiger partial charge is 0.407 e. The summed E-state index contributed by atoms with van der Waals surface area (Å²) in [7, 11) is 0. The van der Waals surface area contributed by atoms with Gasteiger partial charge in [0.15, 0.2) is 0 Å². The lowest BCUT2D eigenvalue weighted by Gasteiger charge is -2.18. The largest absolute Gasteiger partial charge is 0.445 e. The molecule has 166 valence electrons. The molecule has 2 atom stereocenters. The van der Waals surface area contributed by atoms with Crippen molar-refractivity contribution in [1.29, 1.82) is 0 Å². The van der Waals surface area contributed by atoms with Gasteiger partial charge in [-0.2, -0.15) is 0 Å². The van der Waals surface area contributed by atoms with E-state index in [1.165, 1.54) is 0 Å². The molecule has 3 amide bonds. The van der Waals surface area contributed by atoms with Crippen LogP contribution in [0.25, 0.3) is 0 Å². The number of aliphatic hydroxyl groups is 1. The summed E-state index contributed by atoms with van der Waals surface area (Å²) in [5.41, 5.74) is 6.91. The van der Waals surface area contributed by atoms with Crippen molar-refractivity contribution in [2.75, 3.05) is 6.54 Å². The number of carbonyl (C=O) groups is 3. The predicted molar refractivity (Wildman–Crippen MR) is 119 cm³/mol. The number of hydrogen-bond acceptors (Lipinski definition) is 5. The van der Waals surface area contributed by atoms with E-state index in [2.05, 4.69) is 26.6 Å². The average Bonchev–Trinajstić information content (AvgIpc) is 2.73. The van der Waals surface area contributed by atoms with Gasteiger partial charge in [-0.25, -0.2) is 4.79 Å². The Morgan fingerprint density at radius 3 is 2.55 bits per heavy atom. The first-order valence-corrected chi connectivity index (χ1v) is 10.6. The summed E-state index contributed by atoms with van der Waals surface area (Å²) in [4.78, 5) is 35.7. The number of benzene rings is 2. The average molecular weight is 513 g/mol. The number of nitrogens with one attached hydrogen (secondary N) is 2. The second-order valence-electron chi connectivity index (χ2n) is 6.76. The lowest BCUT2D eigenvalue weighted by Crippen LogP contribution is -2.47. The third-order valence-corrected chi connectivity index (χ3v) is 5.23. The molecule has 2 aromatic rings. The van der Waals surface area contributed by atoms with E-state index in [1.54, 1.807) is 18.2 Å². The molecular formula is C21H23BrClN3O5. The van der Waals surface area contributed by atoms with Gasteiger partial charge >= 0.3 is 6.09 Å². The monoisotopic (exact) mass is 511 g/mol. The maximum Gasteiger partial charge on any atom is 0.407 e. The predicted octanol–water partition coefficient (Wildman–Crippen LogP) is 2.29. The number of halogens is 2. The van der Waals surface area contributed by atoms with Gasteiger partial charge in [-0.3, -0.25) is 9.59 Å². The van der Waals surface area contributed by atoms with E-state index in [-0.39, 0.29) is 26.0 Å². The number of hydrogen-bond donors (Lipinski definition) is 4. The zero-order chi connectivity index (χ0) is 22.8. The summed E-state index contributed by atoms with van der Waals surface area (Å²) in [5, 5.41) is 15.4. The molecule has 2 aromatic carbocycles. The number of ether oxygens (including phenoxy) is 1. The Bertz CT molecular complexity index is 913. The number of rotatable bonds is 10. The van der Waals surface area contributed by atoms with Crippen LogP contribution in [0, 0.1) is 0 Å². The molecule has 31 heavy (non-hydrogen) atoms. The summed E-state index contributed by atoms with van der Waals surface area (Å²) in [5.74, 6) is -1.31. The first-order chi connectivity index (χ1) is 14.7. The van der Waals surface area contributed by atoms with E-state index in [9.17, 15) is 19.5 Å². The van der Waals surface area contributed by atoms with Crippen molar-refractivity contribution in [2.45, 2.75) is 31.6 Å². The molecule has 10 heteroatoms. The van der Waals surface area contributed by atoms with Crippen LogP contribution in [-0.4, -0.2) is 41.7 Å². The molecule has 0 fully saturated rings. The molecule has 0 aromatic heterocycles. The third kappa shape index (κ3) is 8.95. The molecular weight excluding hydrogens is 490 g/mol. The molecule has 0 saturated carbocycles. The van der Waals surface area contributed by atoms with E-state index in [0.717, 1.165) is 10.0 Å². The van der Waals surface area contributed by atoms with E-state index in [1.807, 2.05) is 30.3 Å². The fourth-order valence-electron chi connectivity index (χ4n) is 2.66. The van der Waals surface area contributed by atoms with Crippen LogP contribution in [0.15, 0.2) is 53.0 Å². The second kappa shape index (κ2) is 12.3. The summed E-state index contributed by atoms with van der Waals surface area (Å²) >= 11 is 9.33. The Labute approximate surface area is 193 Å². The highest BCUT2D eigenvalue weighted by atomic mass is 79.9. The van der Waals surface area contributed by atoms with Crippen LogP contribution in [0.3, 0.4) is 0 Å². The van der Waals surface area contributed by atoms with Crippen molar-refractivity contribution >= 4 is 45.4 Å². The molecule has 0 heterocycles. The van der Waals surface area contributed by atoms with E-state index < -0.39 is 30.1 Å². The molecule has 0 aliphatic heterocycles. The summed E-state index contributed by atoms with van der Waals surface area (Å²) in [6.45, 7) is -0.106. The van der Waals surface area contributed by atoms with Crippen LogP contribution in [0.2, 0.25) is 5.02 Å². The van der Waals surface area contributed by atoms with Gasteiger partial charge in [0.25, 0.3) is 0 Å². The zero-order valence-electron chi connectivity index (χ0n) is 16.5. The lowest BCUT2D eigenvalue weighted by atomic mass is 10.0. The summed E-state index contributed by atoms with van der Waals surface area (Å²) < 4.78 is 5.75. The molecule has 0 aliphatic carbocycles. The van der Waals surface area contributed by atoms with Crippen molar-refractivity contribution in [2.24, 2.45) is 5.73 Å². The molecule has 5 N–H and O–H groups in total. The molecule has 0 bridgehead atoms.